The Morgan fingerprint density at radius 3 is 2.68 bits per heavy atom. The predicted molar refractivity (Wildman–Crippen MR) is 94.2 cm³/mol. The van der Waals surface area contributed by atoms with E-state index in [4.69, 9.17) is 5.26 Å². The van der Waals surface area contributed by atoms with Crippen molar-refractivity contribution in [2.24, 2.45) is 0 Å². The molecule has 0 unspecified atom stereocenters. The highest BCUT2D eigenvalue weighted by molar-refractivity contribution is 7.18. The number of aryl methyl sites for hydroxylation is 3. The first-order valence-corrected chi connectivity index (χ1v) is 8.42. The second kappa shape index (κ2) is 6.14. The zero-order chi connectivity index (χ0) is 18.3. The number of aromatic nitrogens is 4. The Morgan fingerprint density at radius 2 is 2.04 bits per heavy atom. The molecule has 128 valence electrons. The highest BCUT2D eigenvalue weighted by atomic mass is 32.1. The van der Waals surface area contributed by atoms with Crippen LogP contribution in [-0.4, -0.2) is 19.1 Å². The third-order valence-electron chi connectivity index (χ3n) is 4.09. The van der Waals surface area contributed by atoms with Crippen molar-refractivity contribution >= 4 is 21.6 Å². The summed E-state index contributed by atoms with van der Waals surface area (Å²) in [5.41, 5.74) is -0.807. The molecular formula is C16H15N5O3S. The molecule has 0 atom stereocenters. The van der Waals surface area contributed by atoms with Crippen molar-refractivity contribution < 1.29 is 0 Å². The maximum Gasteiger partial charge on any atom is 0.331 e. The molecule has 0 bridgehead atoms. The van der Waals surface area contributed by atoms with Crippen LogP contribution >= 0.6 is 11.3 Å². The molecule has 1 N–H and O–H groups in total. The van der Waals surface area contributed by atoms with E-state index >= 15 is 0 Å². The first-order chi connectivity index (χ1) is 11.9. The highest BCUT2D eigenvalue weighted by Crippen LogP contribution is 2.25. The van der Waals surface area contributed by atoms with Crippen molar-refractivity contribution in [1.82, 2.24) is 19.1 Å². The molecule has 8 nitrogen and oxygen atoms in total. The first kappa shape index (κ1) is 16.9. The van der Waals surface area contributed by atoms with Crippen molar-refractivity contribution in [3.63, 3.8) is 0 Å². The van der Waals surface area contributed by atoms with Gasteiger partial charge in [-0.3, -0.25) is 18.7 Å². The Hall–Kier alpha value is -2.99. The number of nitrogens with zero attached hydrogens (tertiary/aromatic N) is 4. The summed E-state index contributed by atoms with van der Waals surface area (Å²) in [7, 11) is 0. The Bertz CT molecular complexity index is 1210. The summed E-state index contributed by atoms with van der Waals surface area (Å²) in [6, 6.07) is 1.79. The van der Waals surface area contributed by atoms with Crippen molar-refractivity contribution in [2.45, 2.75) is 33.9 Å². The molecule has 0 aliphatic heterocycles. The van der Waals surface area contributed by atoms with Gasteiger partial charge < -0.3 is 4.98 Å². The van der Waals surface area contributed by atoms with Crippen molar-refractivity contribution in [3.05, 3.63) is 59.2 Å². The van der Waals surface area contributed by atoms with Gasteiger partial charge in [-0.1, -0.05) is 0 Å². The molecule has 0 fully saturated rings. The van der Waals surface area contributed by atoms with Crippen LogP contribution in [0.3, 0.4) is 0 Å². The monoisotopic (exact) mass is 357 g/mol. The standard InChI is InChI=1S/C16H15N5O3S/c1-4-20-6-10(5-17)15(23)21(16(20)24)7-11-18-13(22)12-8(2)9(3)25-14(12)19-11/h6H,4,7H2,1-3H3,(H,18,19,22). The molecule has 0 radical (unpaired) electrons. The largest absolute Gasteiger partial charge is 0.331 e. The Kier molecular flexibility index (Phi) is 4.14. The molecule has 3 heterocycles. The van der Waals surface area contributed by atoms with E-state index < -0.39 is 11.2 Å². The average Bonchev–Trinajstić information content (AvgIpc) is 2.86. The number of nitriles is 1. The van der Waals surface area contributed by atoms with Crippen LogP contribution in [0.25, 0.3) is 10.2 Å². The fraction of sp³-hybridized carbons (Fsp3) is 0.312. The smallest absolute Gasteiger partial charge is 0.308 e. The molecule has 0 saturated heterocycles. The lowest BCUT2D eigenvalue weighted by molar-refractivity contribution is 0.585. The summed E-state index contributed by atoms with van der Waals surface area (Å²) in [6.45, 7) is 5.61. The van der Waals surface area contributed by atoms with Crippen LogP contribution in [0.15, 0.2) is 20.6 Å². The van der Waals surface area contributed by atoms with Gasteiger partial charge in [-0.2, -0.15) is 5.26 Å². The summed E-state index contributed by atoms with van der Waals surface area (Å²) in [5, 5.41) is 9.61. The number of aromatic amines is 1. The van der Waals surface area contributed by atoms with Gasteiger partial charge in [0.2, 0.25) is 0 Å². The Balaban J connectivity index is 2.20. The van der Waals surface area contributed by atoms with Crippen molar-refractivity contribution in [1.29, 1.82) is 5.26 Å². The molecule has 0 saturated carbocycles. The quantitative estimate of drug-likeness (QED) is 0.747. The third-order valence-corrected chi connectivity index (χ3v) is 5.20. The molecule has 3 aromatic rings. The molecule has 0 aromatic carbocycles. The first-order valence-electron chi connectivity index (χ1n) is 7.60. The number of nitrogens with one attached hydrogen (secondary N) is 1. The molecule has 0 aliphatic rings. The Labute approximate surface area is 145 Å². The normalized spacial score (nSPS) is 11.0. The van der Waals surface area contributed by atoms with E-state index in [0.29, 0.717) is 16.8 Å². The van der Waals surface area contributed by atoms with E-state index in [9.17, 15) is 14.4 Å². The molecule has 9 heteroatoms. The third kappa shape index (κ3) is 2.70. The van der Waals surface area contributed by atoms with E-state index in [1.165, 1.54) is 22.1 Å². The summed E-state index contributed by atoms with van der Waals surface area (Å²) in [6.07, 6.45) is 1.24. The summed E-state index contributed by atoms with van der Waals surface area (Å²) < 4.78 is 2.19. The van der Waals surface area contributed by atoms with Crippen molar-refractivity contribution in [2.75, 3.05) is 0 Å². The second-order valence-electron chi connectivity index (χ2n) is 5.59. The number of thiophene rings is 1. The fourth-order valence-electron chi connectivity index (χ4n) is 2.62. The van der Waals surface area contributed by atoms with E-state index in [2.05, 4.69) is 9.97 Å². The van der Waals surface area contributed by atoms with Gasteiger partial charge in [-0.25, -0.2) is 9.78 Å². The highest BCUT2D eigenvalue weighted by Gasteiger charge is 2.15. The molecule has 3 aromatic heterocycles. The minimum absolute atomic E-state index is 0.132. The number of H-pyrrole nitrogens is 1. The van der Waals surface area contributed by atoms with E-state index in [1.54, 1.807) is 13.0 Å². The van der Waals surface area contributed by atoms with Gasteiger partial charge in [0.1, 0.15) is 22.3 Å². The van der Waals surface area contributed by atoms with Gasteiger partial charge in [0.25, 0.3) is 11.1 Å². The summed E-state index contributed by atoms with van der Waals surface area (Å²) in [4.78, 5) is 45.6. The van der Waals surface area contributed by atoms with Crippen LogP contribution in [0.5, 0.6) is 0 Å². The van der Waals surface area contributed by atoms with E-state index in [0.717, 1.165) is 15.0 Å². The summed E-state index contributed by atoms with van der Waals surface area (Å²) >= 11 is 1.39. The van der Waals surface area contributed by atoms with Gasteiger partial charge in [-0.05, 0) is 26.3 Å². The predicted octanol–water partition coefficient (Wildman–Crippen LogP) is 0.865. The summed E-state index contributed by atoms with van der Waals surface area (Å²) in [5.74, 6) is 0.204. The minimum Gasteiger partial charge on any atom is -0.308 e. The van der Waals surface area contributed by atoms with Crippen LogP contribution in [-0.2, 0) is 13.1 Å². The molecular weight excluding hydrogens is 342 g/mol. The topological polar surface area (TPSA) is 114 Å². The van der Waals surface area contributed by atoms with Crippen LogP contribution in [0.2, 0.25) is 0 Å². The molecule has 25 heavy (non-hydrogen) atoms. The zero-order valence-corrected chi connectivity index (χ0v) is 14.7. The maximum absolute atomic E-state index is 12.4. The number of rotatable bonds is 3. The minimum atomic E-state index is -0.696. The van der Waals surface area contributed by atoms with Crippen LogP contribution in [0.1, 0.15) is 28.8 Å². The lowest BCUT2D eigenvalue weighted by Gasteiger charge is -2.09. The van der Waals surface area contributed by atoms with Gasteiger partial charge >= 0.3 is 5.69 Å². The van der Waals surface area contributed by atoms with Gasteiger partial charge in [-0.15, -0.1) is 11.3 Å². The lowest BCUT2D eigenvalue weighted by atomic mass is 10.2. The molecule has 0 spiro atoms. The lowest BCUT2D eigenvalue weighted by Crippen LogP contribution is -2.41. The molecule has 0 amide bonds. The van der Waals surface area contributed by atoms with Gasteiger partial charge in [0.15, 0.2) is 0 Å². The Morgan fingerprint density at radius 1 is 1.32 bits per heavy atom. The zero-order valence-electron chi connectivity index (χ0n) is 13.9. The van der Waals surface area contributed by atoms with Crippen molar-refractivity contribution in [3.8, 4) is 6.07 Å². The maximum atomic E-state index is 12.4. The molecule has 3 rings (SSSR count). The van der Waals surface area contributed by atoms with Crippen LogP contribution in [0.4, 0.5) is 0 Å². The van der Waals surface area contributed by atoms with Crippen LogP contribution in [0, 0.1) is 25.2 Å². The number of hydrogen-bond donors (Lipinski definition) is 1. The van der Waals surface area contributed by atoms with Gasteiger partial charge in [0, 0.05) is 17.6 Å². The second-order valence-corrected chi connectivity index (χ2v) is 6.79. The van der Waals surface area contributed by atoms with Crippen LogP contribution < -0.4 is 16.8 Å². The number of fused-ring (bicyclic) bond motifs is 1. The van der Waals surface area contributed by atoms with Gasteiger partial charge in [0.05, 0.1) is 11.9 Å². The van der Waals surface area contributed by atoms with E-state index in [-0.39, 0.29) is 23.5 Å². The van der Waals surface area contributed by atoms with E-state index in [1.807, 2.05) is 13.8 Å². The average molecular weight is 357 g/mol. The number of hydrogen-bond acceptors (Lipinski definition) is 6. The fourth-order valence-corrected chi connectivity index (χ4v) is 3.67. The molecule has 0 aliphatic carbocycles. The SMILES string of the molecule is CCn1cc(C#N)c(=O)n(Cc2nc3sc(C)c(C)c3c(=O)[nH]2)c1=O.